The van der Waals surface area contributed by atoms with Crippen LogP contribution in [-0.4, -0.2) is 0 Å². The number of hydrogen-bond donors (Lipinski definition) is 0. The molecular formula is C19H40. The molecule has 0 spiro atoms. The lowest BCUT2D eigenvalue weighted by Gasteiger charge is -2.30. The van der Waals surface area contributed by atoms with E-state index in [1.54, 1.807) is 0 Å². The zero-order chi connectivity index (χ0) is 14.4. The second kappa shape index (κ2) is 13.0. The normalized spacial score (nSPS) is 12.0. The third kappa shape index (κ3) is 9.52. The summed E-state index contributed by atoms with van der Waals surface area (Å²) in [7, 11) is 0. The lowest BCUT2D eigenvalue weighted by Crippen LogP contribution is -2.17. The Kier molecular flexibility index (Phi) is 13.0. The van der Waals surface area contributed by atoms with Gasteiger partial charge >= 0.3 is 0 Å². The van der Waals surface area contributed by atoms with Gasteiger partial charge in [-0.15, -0.1) is 0 Å². The first-order valence-corrected chi connectivity index (χ1v) is 9.24. The maximum Gasteiger partial charge on any atom is -0.0305 e. The molecule has 0 aromatic rings. The first-order chi connectivity index (χ1) is 9.24. The monoisotopic (exact) mass is 268 g/mol. The lowest BCUT2D eigenvalue weighted by molar-refractivity contribution is 0.220. The molecule has 0 bridgehead atoms. The average Bonchev–Trinajstić information content (AvgIpc) is 2.46. The van der Waals surface area contributed by atoms with Crippen molar-refractivity contribution in [2.45, 2.75) is 118 Å². The molecule has 0 unspecified atom stereocenters. The Morgan fingerprint density at radius 3 is 1.21 bits per heavy atom. The standard InChI is InChI=1S/C19H40/c1-5-9-10-11-12-13-14-15-16-17-18-19(6-2,7-3)8-4/h5-18H2,1-4H3. The number of hydrogen-bond acceptors (Lipinski definition) is 0. The Morgan fingerprint density at radius 1 is 0.474 bits per heavy atom. The summed E-state index contributed by atoms with van der Waals surface area (Å²) in [6.45, 7) is 9.43. The predicted molar refractivity (Wildman–Crippen MR) is 89.8 cm³/mol. The van der Waals surface area contributed by atoms with Crippen LogP contribution < -0.4 is 0 Å². The van der Waals surface area contributed by atoms with Gasteiger partial charge in [-0.2, -0.15) is 0 Å². The van der Waals surface area contributed by atoms with Gasteiger partial charge in [0.05, 0.1) is 0 Å². The van der Waals surface area contributed by atoms with E-state index in [2.05, 4.69) is 27.7 Å². The minimum Gasteiger partial charge on any atom is -0.0654 e. The Bertz CT molecular complexity index is 159. The van der Waals surface area contributed by atoms with Crippen molar-refractivity contribution in [1.29, 1.82) is 0 Å². The van der Waals surface area contributed by atoms with Crippen molar-refractivity contribution in [2.24, 2.45) is 5.41 Å². The Labute approximate surface area is 123 Å². The molecule has 19 heavy (non-hydrogen) atoms. The van der Waals surface area contributed by atoms with Crippen molar-refractivity contribution in [3.63, 3.8) is 0 Å². The van der Waals surface area contributed by atoms with E-state index in [1.807, 2.05) is 0 Å². The Balaban J connectivity index is 3.35. The zero-order valence-corrected chi connectivity index (χ0v) is 14.4. The van der Waals surface area contributed by atoms with E-state index in [4.69, 9.17) is 0 Å². The summed E-state index contributed by atoms with van der Waals surface area (Å²) in [4.78, 5) is 0. The van der Waals surface area contributed by atoms with Crippen LogP contribution in [0.5, 0.6) is 0 Å². The fourth-order valence-electron chi connectivity index (χ4n) is 3.27. The van der Waals surface area contributed by atoms with Crippen molar-refractivity contribution < 1.29 is 0 Å². The Hall–Kier alpha value is 0. The van der Waals surface area contributed by atoms with E-state index >= 15 is 0 Å². The molecule has 0 rings (SSSR count). The lowest BCUT2D eigenvalue weighted by atomic mass is 9.75. The van der Waals surface area contributed by atoms with Gasteiger partial charge in [0.1, 0.15) is 0 Å². The number of unbranched alkanes of at least 4 members (excludes halogenated alkanes) is 9. The van der Waals surface area contributed by atoms with Crippen LogP contribution in [0.1, 0.15) is 118 Å². The molecule has 0 N–H and O–H groups in total. The molecule has 0 aromatic heterocycles. The minimum atomic E-state index is 0.667. The molecule has 0 amide bonds. The van der Waals surface area contributed by atoms with Gasteiger partial charge in [-0.05, 0) is 11.8 Å². The SMILES string of the molecule is CCCCCCCCCCCCC(CC)(CC)CC. The summed E-state index contributed by atoms with van der Waals surface area (Å²) in [5, 5.41) is 0. The highest BCUT2D eigenvalue weighted by Crippen LogP contribution is 2.36. The van der Waals surface area contributed by atoms with Crippen molar-refractivity contribution in [1.82, 2.24) is 0 Å². The fourth-order valence-corrected chi connectivity index (χ4v) is 3.27. The van der Waals surface area contributed by atoms with Crippen molar-refractivity contribution in [3.05, 3.63) is 0 Å². The van der Waals surface area contributed by atoms with Crippen LogP contribution in [0, 0.1) is 5.41 Å². The van der Waals surface area contributed by atoms with Gasteiger partial charge in [-0.1, -0.05) is 111 Å². The summed E-state index contributed by atoms with van der Waals surface area (Å²) in [6.07, 6.45) is 20.2. The fraction of sp³-hybridized carbons (Fsp3) is 1.00. The molecule has 0 saturated heterocycles. The van der Waals surface area contributed by atoms with E-state index in [0.717, 1.165) is 0 Å². The first-order valence-electron chi connectivity index (χ1n) is 9.24. The van der Waals surface area contributed by atoms with E-state index in [-0.39, 0.29) is 0 Å². The van der Waals surface area contributed by atoms with E-state index < -0.39 is 0 Å². The average molecular weight is 269 g/mol. The molecule has 0 atom stereocenters. The van der Waals surface area contributed by atoms with Crippen LogP contribution in [0.4, 0.5) is 0 Å². The van der Waals surface area contributed by atoms with Gasteiger partial charge < -0.3 is 0 Å². The minimum absolute atomic E-state index is 0.667. The van der Waals surface area contributed by atoms with Crippen LogP contribution in [0.25, 0.3) is 0 Å². The van der Waals surface area contributed by atoms with E-state index in [1.165, 1.54) is 89.9 Å². The highest BCUT2D eigenvalue weighted by Gasteiger charge is 2.22. The van der Waals surface area contributed by atoms with Gasteiger partial charge in [-0.25, -0.2) is 0 Å². The first kappa shape index (κ1) is 19.0. The van der Waals surface area contributed by atoms with E-state index in [9.17, 15) is 0 Å². The van der Waals surface area contributed by atoms with Gasteiger partial charge in [0.2, 0.25) is 0 Å². The molecular weight excluding hydrogens is 228 g/mol. The largest absolute Gasteiger partial charge is 0.0654 e. The molecule has 0 aromatic carbocycles. The molecule has 0 aliphatic rings. The highest BCUT2D eigenvalue weighted by atomic mass is 14.3. The van der Waals surface area contributed by atoms with Crippen LogP contribution in [0.15, 0.2) is 0 Å². The van der Waals surface area contributed by atoms with Crippen molar-refractivity contribution >= 4 is 0 Å². The van der Waals surface area contributed by atoms with Gasteiger partial charge in [0.25, 0.3) is 0 Å². The third-order valence-electron chi connectivity index (χ3n) is 5.31. The molecule has 0 radical (unpaired) electrons. The third-order valence-corrected chi connectivity index (χ3v) is 5.31. The van der Waals surface area contributed by atoms with Gasteiger partial charge in [0, 0.05) is 0 Å². The topological polar surface area (TPSA) is 0 Å². The van der Waals surface area contributed by atoms with Crippen molar-refractivity contribution in [3.8, 4) is 0 Å². The summed E-state index contributed by atoms with van der Waals surface area (Å²) in [5.41, 5.74) is 0.667. The maximum atomic E-state index is 2.38. The molecule has 0 fully saturated rings. The molecule has 0 heteroatoms. The smallest absolute Gasteiger partial charge is 0.0305 e. The van der Waals surface area contributed by atoms with Crippen molar-refractivity contribution in [2.75, 3.05) is 0 Å². The number of rotatable bonds is 14. The molecule has 0 heterocycles. The maximum absolute atomic E-state index is 2.38. The molecule has 0 aliphatic carbocycles. The van der Waals surface area contributed by atoms with Crippen LogP contribution >= 0.6 is 0 Å². The summed E-state index contributed by atoms with van der Waals surface area (Å²) in [5.74, 6) is 0. The van der Waals surface area contributed by atoms with Gasteiger partial charge in [-0.3, -0.25) is 0 Å². The van der Waals surface area contributed by atoms with Crippen LogP contribution in [-0.2, 0) is 0 Å². The quantitative estimate of drug-likeness (QED) is 0.286. The summed E-state index contributed by atoms with van der Waals surface area (Å²) in [6, 6.07) is 0. The second-order valence-corrected chi connectivity index (χ2v) is 6.49. The molecule has 116 valence electrons. The summed E-state index contributed by atoms with van der Waals surface area (Å²) >= 11 is 0. The molecule has 0 saturated carbocycles. The Morgan fingerprint density at radius 2 is 0.842 bits per heavy atom. The summed E-state index contributed by atoms with van der Waals surface area (Å²) < 4.78 is 0. The second-order valence-electron chi connectivity index (χ2n) is 6.49. The van der Waals surface area contributed by atoms with Crippen LogP contribution in [0.2, 0.25) is 0 Å². The van der Waals surface area contributed by atoms with Crippen LogP contribution in [0.3, 0.4) is 0 Å². The molecule has 0 nitrogen and oxygen atoms in total. The zero-order valence-electron chi connectivity index (χ0n) is 14.4. The predicted octanol–water partition coefficient (Wildman–Crippen LogP) is 7.51. The molecule has 0 aliphatic heterocycles. The van der Waals surface area contributed by atoms with Gasteiger partial charge in [0.15, 0.2) is 0 Å². The van der Waals surface area contributed by atoms with E-state index in [0.29, 0.717) is 5.41 Å². The highest BCUT2D eigenvalue weighted by molar-refractivity contribution is 4.74.